The van der Waals surface area contributed by atoms with Gasteiger partial charge in [0.2, 0.25) is 0 Å². The fraction of sp³-hybridized carbons (Fsp3) is 0.231. The highest BCUT2D eigenvalue weighted by atomic mass is 31.2. The van der Waals surface area contributed by atoms with Crippen LogP contribution in [0.25, 0.3) is 10.9 Å². The molecule has 25 heavy (non-hydrogen) atoms. The lowest BCUT2D eigenvalue weighted by Crippen LogP contribution is -2.24. The first-order valence-electron chi connectivity index (χ1n) is 6.64. The highest BCUT2D eigenvalue weighted by Crippen LogP contribution is 2.43. The van der Waals surface area contributed by atoms with Crippen molar-refractivity contribution in [3.63, 3.8) is 0 Å². The van der Waals surface area contributed by atoms with Crippen molar-refractivity contribution < 1.29 is 31.9 Å². The molecule has 1 amide bonds. The van der Waals surface area contributed by atoms with E-state index in [2.05, 4.69) is 9.52 Å². The van der Waals surface area contributed by atoms with E-state index in [1.54, 1.807) is 0 Å². The minimum absolute atomic E-state index is 0.0487. The molecule has 0 fully saturated rings. The van der Waals surface area contributed by atoms with E-state index in [0.29, 0.717) is 6.07 Å². The van der Waals surface area contributed by atoms with E-state index in [0.717, 1.165) is 23.4 Å². The molecule has 1 aromatic heterocycles. The quantitative estimate of drug-likeness (QED) is 0.424. The smallest absolute Gasteiger partial charge is 0.417 e. The van der Waals surface area contributed by atoms with Crippen LogP contribution in [0.3, 0.4) is 0 Å². The number of aliphatic imine (C=N–C) groups is 1. The van der Waals surface area contributed by atoms with E-state index in [4.69, 9.17) is 11.5 Å². The molecule has 2 aromatic rings. The van der Waals surface area contributed by atoms with Crippen LogP contribution in [0.15, 0.2) is 23.2 Å². The summed E-state index contributed by atoms with van der Waals surface area (Å²) in [5.41, 5.74) is 8.83. The van der Waals surface area contributed by atoms with Gasteiger partial charge >= 0.3 is 13.8 Å². The maximum absolute atomic E-state index is 13.3. The van der Waals surface area contributed by atoms with Crippen molar-refractivity contribution >= 4 is 30.4 Å². The van der Waals surface area contributed by atoms with Gasteiger partial charge in [-0.15, -0.1) is 0 Å². The standard InChI is InChI=1S/C13H14F3N4O4P/c1-20-9-4-6(24-25(2,22)23)3-8(13(14,15)16)7(9)5-10(20)11(21)19-12(17)18/h3-5H,1-2H3,(H,22,23)(H4,17,18,19,21). The lowest BCUT2D eigenvalue weighted by Gasteiger charge is -2.13. The molecule has 0 saturated heterocycles. The van der Waals surface area contributed by atoms with E-state index < -0.39 is 37.0 Å². The molecule has 0 aliphatic heterocycles. The lowest BCUT2D eigenvalue weighted by atomic mass is 10.1. The number of guanidine groups is 1. The summed E-state index contributed by atoms with van der Waals surface area (Å²) in [6.45, 7) is 0.836. The van der Waals surface area contributed by atoms with Crippen molar-refractivity contribution in [2.24, 2.45) is 23.5 Å². The average Bonchev–Trinajstić information content (AvgIpc) is 2.72. The topological polar surface area (TPSA) is 133 Å². The van der Waals surface area contributed by atoms with Gasteiger partial charge in [0.1, 0.15) is 11.4 Å². The average molecular weight is 378 g/mol. The Bertz CT molecular complexity index is 925. The van der Waals surface area contributed by atoms with E-state index in [1.807, 2.05) is 0 Å². The third-order valence-electron chi connectivity index (χ3n) is 3.17. The number of hydrogen-bond donors (Lipinski definition) is 3. The molecular weight excluding hydrogens is 364 g/mol. The molecule has 0 aliphatic rings. The number of aryl methyl sites for hydroxylation is 1. The van der Waals surface area contributed by atoms with Crippen molar-refractivity contribution in [3.8, 4) is 5.75 Å². The molecule has 0 radical (unpaired) electrons. The van der Waals surface area contributed by atoms with Gasteiger partial charge in [0.25, 0.3) is 5.91 Å². The Kier molecular flexibility index (Phi) is 4.58. The number of halogens is 3. The van der Waals surface area contributed by atoms with Crippen molar-refractivity contribution in [1.29, 1.82) is 0 Å². The minimum Gasteiger partial charge on any atom is -0.425 e. The van der Waals surface area contributed by atoms with Crippen molar-refractivity contribution in [2.45, 2.75) is 6.18 Å². The van der Waals surface area contributed by atoms with Gasteiger partial charge in [0, 0.05) is 25.2 Å². The number of amides is 1. The van der Waals surface area contributed by atoms with Crippen molar-refractivity contribution in [2.75, 3.05) is 6.66 Å². The summed E-state index contributed by atoms with van der Waals surface area (Å²) in [7, 11) is -2.76. The summed E-state index contributed by atoms with van der Waals surface area (Å²) in [5.74, 6) is -1.93. The zero-order valence-corrected chi connectivity index (χ0v) is 13.9. The Balaban J connectivity index is 2.77. The van der Waals surface area contributed by atoms with Crippen LogP contribution in [0.1, 0.15) is 16.1 Å². The molecule has 12 heteroatoms. The maximum Gasteiger partial charge on any atom is 0.417 e. The number of carbonyl (C=O) groups excluding carboxylic acids is 1. The van der Waals surface area contributed by atoms with Crippen molar-refractivity contribution in [1.82, 2.24) is 4.57 Å². The Labute approximate surface area is 139 Å². The fourth-order valence-corrected chi connectivity index (χ4v) is 2.76. The van der Waals surface area contributed by atoms with Gasteiger partial charge in [-0.1, -0.05) is 0 Å². The number of alkyl halides is 3. The normalized spacial score (nSPS) is 14.2. The Morgan fingerprint density at radius 1 is 1.32 bits per heavy atom. The second kappa shape index (κ2) is 6.08. The van der Waals surface area contributed by atoms with Gasteiger partial charge in [-0.25, -0.2) is 4.57 Å². The molecule has 1 atom stereocenters. The Hall–Kier alpha value is -2.52. The maximum atomic E-state index is 13.3. The number of hydrogen-bond acceptors (Lipinski definition) is 3. The highest BCUT2D eigenvalue weighted by Gasteiger charge is 2.35. The van der Waals surface area contributed by atoms with Crippen LogP contribution in [0.5, 0.6) is 5.75 Å². The van der Waals surface area contributed by atoms with Crippen LogP contribution in [-0.2, 0) is 17.8 Å². The van der Waals surface area contributed by atoms with E-state index >= 15 is 0 Å². The van der Waals surface area contributed by atoms with Crippen LogP contribution < -0.4 is 16.0 Å². The van der Waals surface area contributed by atoms with E-state index in [1.165, 1.54) is 7.05 Å². The third kappa shape index (κ3) is 4.12. The number of fused-ring (bicyclic) bond motifs is 1. The van der Waals surface area contributed by atoms with Gasteiger partial charge in [0.15, 0.2) is 5.96 Å². The predicted molar refractivity (Wildman–Crippen MR) is 84.4 cm³/mol. The molecule has 0 saturated carbocycles. The molecule has 5 N–H and O–H groups in total. The number of nitrogens with zero attached hydrogens (tertiary/aromatic N) is 2. The minimum atomic E-state index is -4.79. The molecule has 1 heterocycles. The zero-order chi connectivity index (χ0) is 19.2. The zero-order valence-electron chi connectivity index (χ0n) is 13.0. The van der Waals surface area contributed by atoms with Gasteiger partial charge in [0.05, 0.1) is 11.1 Å². The largest absolute Gasteiger partial charge is 0.425 e. The van der Waals surface area contributed by atoms with E-state index in [9.17, 15) is 27.4 Å². The Morgan fingerprint density at radius 3 is 2.40 bits per heavy atom. The van der Waals surface area contributed by atoms with Gasteiger partial charge in [-0.3, -0.25) is 4.79 Å². The first kappa shape index (κ1) is 18.8. The molecule has 0 bridgehead atoms. The van der Waals surface area contributed by atoms with Crippen LogP contribution in [0, 0.1) is 0 Å². The number of nitrogens with two attached hydrogens (primary N) is 2. The second-order valence-corrected chi connectivity index (χ2v) is 7.01. The van der Waals surface area contributed by atoms with Crippen molar-refractivity contribution in [3.05, 3.63) is 29.5 Å². The molecule has 8 nitrogen and oxygen atoms in total. The predicted octanol–water partition coefficient (Wildman–Crippen LogP) is 1.80. The number of aromatic nitrogens is 1. The molecule has 0 aliphatic carbocycles. The van der Waals surface area contributed by atoms with Gasteiger partial charge in [-0.2, -0.15) is 18.2 Å². The monoisotopic (exact) mass is 378 g/mol. The van der Waals surface area contributed by atoms with Crippen LogP contribution in [0.2, 0.25) is 0 Å². The molecule has 2 rings (SSSR count). The summed E-state index contributed by atoms with van der Waals surface area (Å²) in [4.78, 5) is 24.5. The first-order chi connectivity index (χ1) is 11.3. The molecule has 1 aromatic carbocycles. The fourth-order valence-electron chi connectivity index (χ4n) is 2.27. The summed E-state index contributed by atoms with van der Waals surface area (Å²) in [6.07, 6.45) is -4.79. The van der Waals surface area contributed by atoms with Crippen LogP contribution in [0.4, 0.5) is 13.2 Å². The highest BCUT2D eigenvalue weighted by molar-refractivity contribution is 7.52. The summed E-state index contributed by atoms with van der Waals surface area (Å²) in [6, 6.07) is 2.69. The lowest BCUT2D eigenvalue weighted by molar-refractivity contribution is -0.136. The summed E-state index contributed by atoms with van der Waals surface area (Å²) >= 11 is 0. The Morgan fingerprint density at radius 2 is 1.92 bits per heavy atom. The number of carbonyl (C=O) groups is 1. The summed E-state index contributed by atoms with van der Waals surface area (Å²) in [5, 5.41) is -0.305. The summed E-state index contributed by atoms with van der Waals surface area (Å²) < 4.78 is 57.2. The molecule has 0 spiro atoms. The van der Waals surface area contributed by atoms with Gasteiger partial charge in [-0.05, 0) is 12.1 Å². The first-order valence-corrected chi connectivity index (χ1v) is 8.66. The second-order valence-electron chi connectivity index (χ2n) is 5.23. The molecule has 1 unspecified atom stereocenters. The third-order valence-corrected chi connectivity index (χ3v) is 3.71. The number of rotatable bonds is 3. The molecular formula is C13H14F3N4O4P. The number of benzene rings is 1. The van der Waals surface area contributed by atoms with E-state index in [-0.39, 0.29) is 16.6 Å². The van der Waals surface area contributed by atoms with Gasteiger partial charge < -0.3 is 25.5 Å². The van der Waals surface area contributed by atoms with Crippen LogP contribution >= 0.6 is 7.60 Å². The molecule has 136 valence electrons. The SMILES string of the molecule is Cn1c(C(=O)N=C(N)N)cc2c(C(F)(F)F)cc(OP(C)(=O)O)cc21. The van der Waals surface area contributed by atoms with Crippen LogP contribution in [-0.4, -0.2) is 28.0 Å².